The van der Waals surface area contributed by atoms with Gasteiger partial charge in [-0.15, -0.1) is 0 Å². The van der Waals surface area contributed by atoms with Crippen molar-refractivity contribution in [3.63, 3.8) is 0 Å². The highest BCUT2D eigenvalue weighted by atomic mass is 16.3. The number of nitrogens with zero attached hydrogens (tertiary/aromatic N) is 2. The second kappa shape index (κ2) is 5.14. The highest BCUT2D eigenvalue weighted by molar-refractivity contribution is 5.82. The molecule has 1 aromatic heterocycles. The predicted octanol–water partition coefficient (Wildman–Crippen LogP) is 2.98. The molecule has 0 spiro atoms. The van der Waals surface area contributed by atoms with Crippen molar-refractivity contribution in [1.82, 2.24) is 9.55 Å². The second-order valence-corrected chi connectivity index (χ2v) is 5.17. The number of aromatic nitrogens is 2. The van der Waals surface area contributed by atoms with Gasteiger partial charge < -0.3 is 20.6 Å². The van der Waals surface area contributed by atoms with Crippen LogP contribution >= 0.6 is 0 Å². The molecule has 22 heavy (non-hydrogen) atoms. The van der Waals surface area contributed by atoms with Gasteiger partial charge in [0.1, 0.15) is 17.3 Å². The minimum Gasteiger partial charge on any atom is -0.504 e. The summed E-state index contributed by atoms with van der Waals surface area (Å²) in [5.74, 6) is -0.121. The summed E-state index contributed by atoms with van der Waals surface area (Å²) in [5.41, 5.74) is 0.789. The number of rotatable bonds is 5. The number of phenols is 3. The number of anilines is 1. The van der Waals surface area contributed by atoms with Gasteiger partial charge in [-0.05, 0) is 31.1 Å². The van der Waals surface area contributed by atoms with Gasteiger partial charge in [-0.3, -0.25) is 4.57 Å². The maximum absolute atomic E-state index is 10.1. The van der Waals surface area contributed by atoms with Gasteiger partial charge in [0.2, 0.25) is 5.75 Å². The molecule has 1 saturated carbocycles. The molecular weight excluding hydrogens is 282 g/mol. The summed E-state index contributed by atoms with van der Waals surface area (Å²) in [5, 5.41) is 32.7. The fourth-order valence-electron chi connectivity index (χ4n) is 2.29. The third kappa shape index (κ3) is 2.18. The molecular formula is C16H17N3O3. The van der Waals surface area contributed by atoms with Gasteiger partial charge in [0, 0.05) is 17.8 Å². The minimum absolute atomic E-state index is 0.321. The Labute approximate surface area is 127 Å². The van der Waals surface area contributed by atoms with Crippen molar-refractivity contribution in [2.75, 3.05) is 5.32 Å². The van der Waals surface area contributed by atoms with E-state index in [4.69, 9.17) is 0 Å². The first-order valence-electron chi connectivity index (χ1n) is 6.94. The number of hydrogen-bond donors (Lipinski definition) is 4. The molecule has 0 atom stereocenters. The normalized spacial score (nSPS) is 13.8. The van der Waals surface area contributed by atoms with Gasteiger partial charge in [0.05, 0.1) is 0 Å². The monoisotopic (exact) mass is 299 g/mol. The van der Waals surface area contributed by atoms with Crippen LogP contribution in [0.25, 0.3) is 23.5 Å². The Morgan fingerprint density at radius 1 is 1.18 bits per heavy atom. The van der Waals surface area contributed by atoms with Crippen LogP contribution in [-0.2, 0) is 0 Å². The summed E-state index contributed by atoms with van der Waals surface area (Å²) in [6.07, 6.45) is 5.33. The van der Waals surface area contributed by atoms with Crippen molar-refractivity contribution in [2.45, 2.75) is 18.9 Å². The lowest BCUT2D eigenvalue weighted by atomic mass is 10.1. The summed E-state index contributed by atoms with van der Waals surface area (Å²) in [6, 6.07) is 3.18. The maximum Gasteiger partial charge on any atom is 0.200 e. The van der Waals surface area contributed by atoms with E-state index >= 15 is 0 Å². The smallest absolute Gasteiger partial charge is 0.200 e. The van der Waals surface area contributed by atoms with E-state index in [-0.39, 0.29) is 5.75 Å². The molecule has 2 aromatic rings. The van der Waals surface area contributed by atoms with Crippen LogP contribution in [0.5, 0.6) is 17.2 Å². The van der Waals surface area contributed by atoms with Crippen LogP contribution in [0.3, 0.4) is 0 Å². The van der Waals surface area contributed by atoms with Gasteiger partial charge in [-0.1, -0.05) is 13.2 Å². The third-order valence-electron chi connectivity index (χ3n) is 3.61. The molecule has 1 aromatic carbocycles. The first-order chi connectivity index (χ1) is 10.6. The summed E-state index contributed by atoms with van der Waals surface area (Å²) in [6.45, 7) is 7.50. The quantitative estimate of drug-likeness (QED) is 0.637. The van der Waals surface area contributed by atoms with E-state index in [1.54, 1.807) is 16.8 Å². The van der Waals surface area contributed by atoms with Crippen molar-refractivity contribution in [1.29, 1.82) is 0 Å². The van der Waals surface area contributed by atoms with E-state index in [0.29, 0.717) is 28.9 Å². The number of imidazole rings is 1. The standard InChI is InChI=1S/C16H17N3O3/c1-3-12-18-13(10-7-8-11(20)15(22)14(10)21)16(19(12)4-2)17-9-5-6-9/h3-4,7-9,17,20-22H,1-2,5-6H2. The number of aromatic hydroxyl groups is 3. The van der Waals surface area contributed by atoms with Crippen LogP contribution in [0.2, 0.25) is 0 Å². The molecule has 3 rings (SSSR count). The Bertz CT molecular complexity index is 760. The fourth-order valence-corrected chi connectivity index (χ4v) is 2.29. The predicted molar refractivity (Wildman–Crippen MR) is 85.8 cm³/mol. The van der Waals surface area contributed by atoms with Crippen molar-refractivity contribution in [3.05, 3.63) is 31.1 Å². The van der Waals surface area contributed by atoms with E-state index in [1.807, 2.05) is 0 Å². The van der Waals surface area contributed by atoms with Gasteiger partial charge in [-0.25, -0.2) is 4.98 Å². The highest BCUT2D eigenvalue weighted by Crippen LogP contribution is 2.44. The molecule has 0 unspecified atom stereocenters. The topological polar surface area (TPSA) is 90.5 Å². The van der Waals surface area contributed by atoms with Crippen LogP contribution in [0.1, 0.15) is 18.7 Å². The molecule has 0 bridgehead atoms. The van der Waals surface area contributed by atoms with Crippen molar-refractivity contribution in [2.24, 2.45) is 0 Å². The Balaban J connectivity index is 2.21. The maximum atomic E-state index is 10.1. The largest absolute Gasteiger partial charge is 0.504 e. The molecule has 0 radical (unpaired) electrons. The molecule has 1 fully saturated rings. The lowest BCUT2D eigenvalue weighted by Gasteiger charge is -2.11. The summed E-state index contributed by atoms with van der Waals surface area (Å²) in [4.78, 5) is 4.44. The molecule has 0 amide bonds. The van der Waals surface area contributed by atoms with Crippen LogP contribution in [-0.4, -0.2) is 30.9 Å². The molecule has 6 heteroatoms. The Kier molecular flexibility index (Phi) is 3.29. The fraction of sp³-hybridized carbons (Fsp3) is 0.188. The van der Waals surface area contributed by atoms with E-state index in [1.165, 1.54) is 12.1 Å². The van der Waals surface area contributed by atoms with Crippen molar-refractivity contribution in [3.8, 4) is 28.5 Å². The molecule has 0 saturated heterocycles. The molecule has 114 valence electrons. The Morgan fingerprint density at radius 3 is 2.50 bits per heavy atom. The summed E-state index contributed by atoms with van der Waals surface area (Å²) in [7, 11) is 0. The summed E-state index contributed by atoms with van der Waals surface area (Å²) < 4.78 is 1.74. The van der Waals surface area contributed by atoms with E-state index in [0.717, 1.165) is 12.8 Å². The van der Waals surface area contributed by atoms with Crippen LogP contribution in [0.15, 0.2) is 25.3 Å². The van der Waals surface area contributed by atoms with E-state index < -0.39 is 11.5 Å². The zero-order valence-electron chi connectivity index (χ0n) is 12.0. The van der Waals surface area contributed by atoms with Crippen molar-refractivity contribution >= 4 is 18.1 Å². The van der Waals surface area contributed by atoms with Crippen LogP contribution in [0, 0.1) is 0 Å². The lowest BCUT2D eigenvalue weighted by molar-refractivity contribution is 0.369. The minimum atomic E-state index is -0.567. The Hall–Kier alpha value is -2.89. The van der Waals surface area contributed by atoms with Crippen LogP contribution < -0.4 is 5.32 Å². The molecule has 6 nitrogen and oxygen atoms in total. The first kappa shape index (κ1) is 14.1. The number of benzene rings is 1. The van der Waals surface area contributed by atoms with Crippen LogP contribution in [0.4, 0.5) is 5.82 Å². The Morgan fingerprint density at radius 2 is 1.91 bits per heavy atom. The average molecular weight is 299 g/mol. The third-order valence-corrected chi connectivity index (χ3v) is 3.61. The molecule has 4 N–H and O–H groups in total. The van der Waals surface area contributed by atoms with E-state index in [2.05, 4.69) is 23.5 Å². The lowest BCUT2D eigenvalue weighted by Crippen LogP contribution is -2.06. The highest BCUT2D eigenvalue weighted by Gasteiger charge is 2.27. The average Bonchev–Trinajstić information content (AvgIpc) is 3.26. The van der Waals surface area contributed by atoms with Crippen molar-refractivity contribution < 1.29 is 15.3 Å². The van der Waals surface area contributed by atoms with E-state index in [9.17, 15) is 15.3 Å². The number of hydrogen-bond acceptors (Lipinski definition) is 5. The zero-order chi connectivity index (χ0) is 15.9. The van der Waals surface area contributed by atoms with Gasteiger partial charge in [0.25, 0.3) is 0 Å². The first-order valence-corrected chi connectivity index (χ1v) is 6.94. The SMILES string of the molecule is C=Cc1nc(-c2ccc(O)c(O)c2O)c(NC2CC2)n1C=C. The molecule has 1 heterocycles. The molecule has 1 aliphatic carbocycles. The molecule has 0 aliphatic heterocycles. The number of phenolic OH excluding ortho intramolecular Hbond substituents is 3. The zero-order valence-corrected chi connectivity index (χ0v) is 12.0. The van der Waals surface area contributed by atoms with Gasteiger partial charge in [-0.2, -0.15) is 0 Å². The second-order valence-electron chi connectivity index (χ2n) is 5.17. The van der Waals surface area contributed by atoms with Gasteiger partial charge in [0.15, 0.2) is 11.5 Å². The summed E-state index contributed by atoms with van der Waals surface area (Å²) >= 11 is 0. The number of nitrogens with one attached hydrogen (secondary N) is 1. The van der Waals surface area contributed by atoms with Gasteiger partial charge >= 0.3 is 0 Å². The molecule has 1 aliphatic rings.